The van der Waals surface area contributed by atoms with Gasteiger partial charge in [0.1, 0.15) is 0 Å². The first kappa shape index (κ1) is 21.9. The van der Waals surface area contributed by atoms with Crippen molar-refractivity contribution in [1.82, 2.24) is 0 Å². The van der Waals surface area contributed by atoms with Crippen molar-refractivity contribution < 1.29 is 12.6 Å². The van der Waals surface area contributed by atoms with Gasteiger partial charge in [-0.2, -0.15) is 8.42 Å². The molecule has 142 valence electrons. The van der Waals surface area contributed by atoms with Gasteiger partial charge in [0.25, 0.3) is 10.1 Å². The minimum Gasteiger partial charge on any atom is -0.267 e. The quantitative estimate of drug-likeness (QED) is 0.406. The van der Waals surface area contributed by atoms with Crippen LogP contribution in [0.3, 0.4) is 0 Å². The van der Waals surface area contributed by atoms with Crippen molar-refractivity contribution in [2.45, 2.75) is 78.1 Å². The maximum atomic E-state index is 11.3. The molecule has 0 saturated carbocycles. The largest absolute Gasteiger partial charge is 0.289 e. The Morgan fingerprint density at radius 1 is 1.00 bits per heavy atom. The SMILES string of the molecule is C=CS(=O)(=O)OCCCc1cc(C(C)(C)CC)cc(C(C)(C)CC)c1. The summed E-state index contributed by atoms with van der Waals surface area (Å²) in [5.41, 5.74) is 4.19. The van der Waals surface area contributed by atoms with Crippen molar-refractivity contribution >= 4 is 10.1 Å². The van der Waals surface area contributed by atoms with Gasteiger partial charge in [0, 0.05) is 0 Å². The first-order chi connectivity index (χ1) is 11.5. The second kappa shape index (κ2) is 8.50. The molecular weight excluding hydrogens is 332 g/mol. The van der Waals surface area contributed by atoms with Gasteiger partial charge in [0.2, 0.25) is 0 Å². The van der Waals surface area contributed by atoms with Gasteiger partial charge in [-0.1, -0.05) is 66.3 Å². The highest BCUT2D eigenvalue weighted by Crippen LogP contribution is 2.34. The molecule has 3 nitrogen and oxygen atoms in total. The fourth-order valence-corrected chi connectivity index (χ4v) is 2.97. The van der Waals surface area contributed by atoms with Crippen LogP contribution in [0.1, 0.15) is 77.5 Å². The van der Waals surface area contributed by atoms with Crippen LogP contribution in [0, 0.1) is 0 Å². The van der Waals surface area contributed by atoms with Gasteiger partial charge >= 0.3 is 0 Å². The van der Waals surface area contributed by atoms with Crippen LogP contribution in [0.25, 0.3) is 0 Å². The molecular formula is C21H34O3S. The molecule has 1 aromatic carbocycles. The van der Waals surface area contributed by atoms with Gasteiger partial charge in [-0.05, 0) is 53.2 Å². The molecule has 0 unspecified atom stereocenters. The van der Waals surface area contributed by atoms with Crippen molar-refractivity contribution in [3.05, 3.63) is 46.9 Å². The van der Waals surface area contributed by atoms with Crippen molar-refractivity contribution in [3.8, 4) is 0 Å². The van der Waals surface area contributed by atoms with Crippen molar-refractivity contribution in [3.63, 3.8) is 0 Å². The van der Waals surface area contributed by atoms with Gasteiger partial charge in [0.15, 0.2) is 0 Å². The highest BCUT2D eigenvalue weighted by molar-refractivity contribution is 7.89. The van der Waals surface area contributed by atoms with Gasteiger partial charge < -0.3 is 0 Å². The molecule has 0 saturated heterocycles. The summed E-state index contributed by atoms with van der Waals surface area (Å²) in [5.74, 6) is 0. The molecule has 4 heteroatoms. The van der Waals surface area contributed by atoms with Gasteiger partial charge in [-0.25, -0.2) is 0 Å². The summed E-state index contributed by atoms with van der Waals surface area (Å²) < 4.78 is 27.5. The molecule has 0 atom stereocenters. The standard InChI is InChI=1S/C21H34O3S/c1-8-20(4,5)18-14-17(12-11-13-24-25(22,23)10-3)15-19(16-18)21(6,7)9-2/h10,14-16H,3,8-9,11-13H2,1-2,4-7H3. The maximum absolute atomic E-state index is 11.3. The highest BCUT2D eigenvalue weighted by atomic mass is 32.2. The zero-order valence-corrected chi connectivity index (χ0v) is 17.5. The molecule has 0 aliphatic heterocycles. The summed E-state index contributed by atoms with van der Waals surface area (Å²) in [6.45, 7) is 17.0. The average molecular weight is 367 g/mol. The predicted octanol–water partition coefficient (Wildman–Crippen LogP) is 5.48. The molecule has 25 heavy (non-hydrogen) atoms. The maximum Gasteiger partial charge on any atom is 0.289 e. The van der Waals surface area contributed by atoms with Crippen molar-refractivity contribution in [1.29, 1.82) is 0 Å². The van der Waals surface area contributed by atoms with E-state index in [0.717, 1.165) is 24.7 Å². The number of aryl methyl sites for hydroxylation is 1. The molecule has 0 aliphatic carbocycles. The molecule has 0 amide bonds. The third-order valence-corrected chi connectivity index (χ3v) is 6.29. The zero-order valence-electron chi connectivity index (χ0n) is 16.7. The van der Waals surface area contributed by atoms with Crippen LogP contribution < -0.4 is 0 Å². The number of benzene rings is 1. The van der Waals surface area contributed by atoms with Crippen LogP contribution in [-0.4, -0.2) is 15.0 Å². The summed E-state index contributed by atoms with van der Waals surface area (Å²) in [6, 6.07) is 6.87. The second-order valence-corrected chi connectivity index (χ2v) is 9.53. The van der Waals surface area contributed by atoms with E-state index in [-0.39, 0.29) is 17.4 Å². The normalized spacial score (nSPS) is 13.0. The molecule has 0 aromatic heterocycles. The summed E-state index contributed by atoms with van der Waals surface area (Å²) in [4.78, 5) is 0. The molecule has 0 fully saturated rings. The Bertz CT molecular complexity index is 651. The summed E-state index contributed by atoms with van der Waals surface area (Å²) in [7, 11) is -3.58. The van der Waals surface area contributed by atoms with Crippen LogP contribution in [0.15, 0.2) is 30.2 Å². The molecule has 1 rings (SSSR count). The number of hydrogen-bond acceptors (Lipinski definition) is 3. The Labute approximate surface area is 154 Å². The topological polar surface area (TPSA) is 43.4 Å². The number of rotatable bonds is 10. The Morgan fingerprint density at radius 2 is 1.48 bits per heavy atom. The predicted molar refractivity (Wildman–Crippen MR) is 106 cm³/mol. The van der Waals surface area contributed by atoms with Gasteiger partial charge in [-0.3, -0.25) is 4.18 Å². The minimum absolute atomic E-state index is 0.122. The third kappa shape index (κ3) is 6.27. The second-order valence-electron chi connectivity index (χ2n) is 7.98. The van der Waals surface area contributed by atoms with E-state index in [2.05, 4.69) is 66.3 Å². The Kier molecular flexibility index (Phi) is 7.45. The van der Waals surface area contributed by atoms with Gasteiger partial charge in [-0.15, -0.1) is 0 Å². The van der Waals surface area contributed by atoms with E-state index in [1.54, 1.807) is 0 Å². The fourth-order valence-electron chi connectivity index (χ4n) is 2.53. The summed E-state index contributed by atoms with van der Waals surface area (Å²) in [6.07, 6.45) is 3.61. The Hall–Kier alpha value is -1.13. The van der Waals surface area contributed by atoms with E-state index in [4.69, 9.17) is 4.18 Å². The van der Waals surface area contributed by atoms with Crippen LogP contribution in [0.5, 0.6) is 0 Å². The first-order valence-electron chi connectivity index (χ1n) is 9.14. The van der Waals surface area contributed by atoms with Crippen LogP contribution >= 0.6 is 0 Å². The fraction of sp³-hybridized carbons (Fsp3) is 0.619. The van der Waals surface area contributed by atoms with E-state index in [0.29, 0.717) is 6.42 Å². The van der Waals surface area contributed by atoms with E-state index in [9.17, 15) is 8.42 Å². The monoisotopic (exact) mass is 366 g/mol. The van der Waals surface area contributed by atoms with E-state index < -0.39 is 10.1 Å². The lowest BCUT2D eigenvalue weighted by atomic mass is 9.75. The first-order valence-corrected chi connectivity index (χ1v) is 10.6. The van der Waals surface area contributed by atoms with Crippen molar-refractivity contribution in [2.75, 3.05) is 6.61 Å². The number of hydrogen-bond donors (Lipinski definition) is 0. The molecule has 0 N–H and O–H groups in total. The van der Waals surface area contributed by atoms with Crippen LogP contribution in [0.4, 0.5) is 0 Å². The molecule has 0 bridgehead atoms. The Morgan fingerprint density at radius 3 is 1.88 bits per heavy atom. The molecule has 1 aromatic rings. The van der Waals surface area contributed by atoms with Crippen molar-refractivity contribution in [2.24, 2.45) is 0 Å². The zero-order chi connectivity index (χ0) is 19.3. The third-order valence-electron chi connectivity index (χ3n) is 5.39. The van der Waals surface area contributed by atoms with E-state index in [1.807, 2.05) is 0 Å². The smallest absolute Gasteiger partial charge is 0.267 e. The lowest BCUT2D eigenvalue weighted by Gasteiger charge is -2.29. The molecule has 0 heterocycles. The average Bonchev–Trinajstić information content (AvgIpc) is 2.58. The minimum atomic E-state index is -3.58. The molecule has 0 radical (unpaired) electrons. The van der Waals surface area contributed by atoms with Gasteiger partial charge in [0.05, 0.1) is 12.0 Å². The lowest BCUT2D eigenvalue weighted by Crippen LogP contribution is -2.20. The lowest BCUT2D eigenvalue weighted by molar-refractivity contribution is 0.318. The Balaban J connectivity index is 3.04. The summed E-state index contributed by atoms with van der Waals surface area (Å²) >= 11 is 0. The van der Waals surface area contributed by atoms with Crippen LogP contribution in [0.2, 0.25) is 0 Å². The highest BCUT2D eigenvalue weighted by Gasteiger charge is 2.24. The summed E-state index contributed by atoms with van der Waals surface area (Å²) in [5, 5.41) is 0.846. The van der Waals surface area contributed by atoms with Crippen LogP contribution in [-0.2, 0) is 31.6 Å². The molecule has 0 aliphatic rings. The molecule has 0 spiro atoms. The van der Waals surface area contributed by atoms with E-state index >= 15 is 0 Å². The van der Waals surface area contributed by atoms with E-state index in [1.165, 1.54) is 16.7 Å².